The summed E-state index contributed by atoms with van der Waals surface area (Å²) in [4.78, 5) is 14.2. The van der Waals surface area contributed by atoms with Crippen LogP contribution in [0.25, 0.3) is 0 Å². The lowest BCUT2D eigenvalue weighted by molar-refractivity contribution is 0.0932. The second-order valence-electron chi connectivity index (χ2n) is 5.35. The number of nitrogens with zero attached hydrogens (tertiary/aromatic N) is 3. The minimum atomic E-state index is -0.311. The highest BCUT2D eigenvalue weighted by atomic mass is 19.1. The number of H-pyrrole nitrogens is 1. The molecule has 1 amide bonds. The van der Waals surface area contributed by atoms with E-state index in [2.05, 4.69) is 25.6 Å². The molecule has 0 saturated carbocycles. The normalized spacial score (nSPS) is 16.6. The summed E-state index contributed by atoms with van der Waals surface area (Å²) in [5, 5.41) is 12.6. The fraction of sp³-hybridized carbons (Fsp3) is 0.400. The van der Waals surface area contributed by atoms with Crippen molar-refractivity contribution in [3.8, 4) is 0 Å². The molecule has 2 N–H and O–H groups in total. The molecule has 1 aliphatic rings. The maximum atomic E-state index is 14.1. The minimum absolute atomic E-state index is 0.167. The van der Waals surface area contributed by atoms with Crippen molar-refractivity contribution in [1.29, 1.82) is 0 Å². The predicted octanol–water partition coefficient (Wildman–Crippen LogP) is 1.51. The fourth-order valence-corrected chi connectivity index (χ4v) is 2.83. The third-order valence-electron chi connectivity index (χ3n) is 3.95. The highest BCUT2D eigenvalue weighted by molar-refractivity contribution is 5.91. The van der Waals surface area contributed by atoms with Crippen LogP contribution in [0.3, 0.4) is 0 Å². The second-order valence-corrected chi connectivity index (χ2v) is 5.35. The Bertz CT molecular complexity index is 625. The molecule has 0 aliphatic carbocycles. The van der Waals surface area contributed by atoms with Gasteiger partial charge in [-0.25, -0.2) is 4.39 Å². The molecule has 7 heteroatoms. The van der Waals surface area contributed by atoms with Gasteiger partial charge in [0.25, 0.3) is 5.91 Å². The van der Waals surface area contributed by atoms with E-state index in [1.165, 1.54) is 12.3 Å². The van der Waals surface area contributed by atoms with Gasteiger partial charge in [0.05, 0.1) is 12.2 Å². The molecule has 1 aliphatic heterocycles. The van der Waals surface area contributed by atoms with Gasteiger partial charge in [0.1, 0.15) is 5.82 Å². The molecule has 0 bridgehead atoms. The molecule has 1 aromatic heterocycles. The molecule has 1 saturated heterocycles. The molecule has 0 radical (unpaired) electrons. The number of carbonyl (C=O) groups excluding carboxylic acids is 1. The maximum absolute atomic E-state index is 14.1. The van der Waals surface area contributed by atoms with Crippen LogP contribution in [0.15, 0.2) is 30.5 Å². The van der Waals surface area contributed by atoms with Crippen molar-refractivity contribution in [1.82, 2.24) is 25.6 Å². The SMILES string of the molecule is O=C(NCC(c1ccccc1F)N1CCCC1)c1cn[nH]n1. The van der Waals surface area contributed by atoms with Crippen LogP contribution in [0, 0.1) is 5.82 Å². The van der Waals surface area contributed by atoms with Crippen molar-refractivity contribution >= 4 is 5.91 Å². The first kappa shape index (κ1) is 14.6. The summed E-state index contributed by atoms with van der Waals surface area (Å²) in [6.07, 6.45) is 3.56. The number of rotatable bonds is 5. The van der Waals surface area contributed by atoms with Gasteiger partial charge in [0, 0.05) is 12.1 Å². The summed E-state index contributed by atoms with van der Waals surface area (Å²) in [6, 6.07) is 6.56. The maximum Gasteiger partial charge on any atom is 0.273 e. The van der Waals surface area contributed by atoms with Gasteiger partial charge in [-0.1, -0.05) is 18.2 Å². The van der Waals surface area contributed by atoms with Crippen LogP contribution < -0.4 is 5.32 Å². The third kappa shape index (κ3) is 3.14. The molecular weight excluding hydrogens is 285 g/mol. The van der Waals surface area contributed by atoms with Gasteiger partial charge in [0.15, 0.2) is 5.69 Å². The Morgan fingerprint density at radius 2 is 2.14 bits per heavy atom. The number of nitrogens with one attached hydrogen (secondary N) is 2. The van der Waals surface area contributed by atoms with Crippen LogP contribution >= 0.6 is 0 Å². The quantitative estimate of drug-likeness (QED) is 0.878. The van der Waals surface area contributed by atoms with Gasteiger partial charge in [-0.3, -0.25) is 9.69 Å². The molecule has 1 unspecified atom stereocenters. The monoisotopic (exact) mass is 303 g/mol. The summed E-state index contributed by atoms with van der Waals surface area (Å²) < 4.78 is 14.1. The molecule has 2 aromatic rings. The van der Waals surface area contributed by atoms with Crippen LogP contribution in [0.5, 0.6) is 0 Å². The van der Waals surface area contributed by atoms with E-state index in [0.29, 0.717) is 12.1 Å². The average Bonchev–Trinajstić information content (AvgIpc) is 3.22. The molecule has 1 fully saturated rings. The Labute approximate surface area is 127 Å². The first-order valence-electron chi connectivity index (χ1n) is 7.38. The number of likely N-dealkylation sites (tertiary alicyclic amines) is 1. The molecule has 6 nitrogen and oxygen atoms in total. The number of amides is 1. The summed E-state index contributed by atoms with van der Waals surface area (Å²) in [5.74, 6) is -0.552. The molecule has 1 aromatic carbocycles. The van der Waals surface area contributed by atoms with Crippen LogP contribution in [-0.2, 0) is 0 Å². The number of hydrogen-bond acceptors (Lipinski definition) is 4. The predicted molar refractivity (Wildman–Crippen MR) is 78.7 cm³/mol. The van der Waals surface area contributed by atoms with E-state index in [1.54, 1.807) is 12.1 Å². The second kappa shape index (κ2) is 6.65. The first-order chi connectivity index (χ1) is 10.8. The Balaban J connectivity index is 1.74. The zero-order chi connectivity index (χ0) is 15.4. The number of hydrogen-bond donors (Lipinski definition) is 2. The molecule has 3 rings (SSSR count). The minimum Gasteiger partial charge on any atom is -0.349 e. The summed E-state index contributed by atoms with van der Waals surface area (Å²) in [6.45, 7) is 2.17. The molecule has 116 valence electrons. The molecule has 2 heterocycles. The van der Waals surface area contributed by atoms with Crippen molar-refractivity contribution in [3.63, 3.8) is 0 Å². The molecule has 0 spiro atoms. The summed E-state index contributed by atoms with van der Waals surface area (Å²) >= 11 is 0. The lowest BCUT2D eigenvalue weighted by atomic mass is 10.0. The highest BCUT2D eigenvalue weighted by Crippen LogP contribution is 2.26. The van der Waals surface area contributed by atoms with Crippen LogP contribution in [-0.4, -0.2) is 45.9 Å². The fourth-order valence-electron chi connectivity index (χ4n) is 2.83. The van der Waals surface area contributed by atoms with Gasteiger partial charge in [-0.15, -0.1) is 0 Å². The molecule has 22 heavy (non-hydrogen) atoms. The topological polar surface area (TPSA) is 73.9 Å². The molecule has 1 atom stereocenters. The van der Waals surface area contributed by atoms with Crippen LogP contribution in [0.4, 0.5) is 4.39 Å². The third-order valence-corrected chi connectivity index (χ3v) is 3.95. The highest BCUT2D eigenvalue weighted by Gasteiger charge is 2.26. The smallest absolute Gasteiger partial charge is 0.273 e. The Morgan fingerprint density at radius 3 is 2.82 bits per heavy atom. The van der Waals surface area contributed by atoms with E-state index in [4.69, 9.17) is 0 Å². The zero-order valence-electron chi connectivity index (χ0n) is 12.1. The Morgan fingerprint density at radius 1 is 1.36 bits per heavy atom. The number of carbonyl (C=O) groups is 1. The van der Waals surface area contributed by atoms with Gasteiger partial charge in [-0.05, 0) is 32.0 Å². The summed E-state index contributed by atoms with van der Waals surface area (Å²) in [7, 11) is 0. The largest absolute Gasteiger partial charge is 0.349 e. The Kier molecular flexibility index (Phi) is 4.43. The van der Waals surface area contributed by atoms with Crippen molar-refractivity contribution in [2.24, 2.45) is 0 Å². The number of aromatic amines is 1. The average molecular weight is 303 g/mol. The number of benzene rings is 1. The van der Waals surface area contributed by atoms with E-state index in [-0.39, 0.29) is 23.5 Å². The van der Waals surface area contributed by atoms with Crippen molar-refractivity contribution < 1.29 is 9.18 Å². The van der Waals surface area contributed by atoms with E-state index in [0.717, 1.165) is 25.9 Å². The standard InChI is InChI=1S/C15H18FN5O/c16-12-6-2-1-5-11(12)14(21-7-3-4-8-21)10-17-15(22)13-9-18-20-19-13/h1-2,5-6,9,14H,3-4,7-8,10H2,(H,17,22)(H,18,19,20). The van der Waals surface area contributed by atoms with Gasteiger partial charge >= 0.3 is 0 Å². The summed E-state index contributed by atoms with van der Waals surface area (Å²) in [5.41, 5.74) is 0.846. The lowest BCUT2D eigenvalue weighted by Gasteiger charge is -2.28. The Hall–Kier alpha value is -2.28. The van der Waals surface area contributed by atoms with Gasteiger partial charge in [-0.2, -0.15) is 15.4 Å². The van der Waals surface area contributed by atoms with E-state index in [9.17, 15) is 9.18 Å². The van der Waals surface area contributed by atoms with Gasteiger partial charge < -0.3 is 5.32 Å². The number of halogens is 1. The van der Waals surface area contributed by atoms with Crippen molar-refractivity contribution in [3.05, 3.63) is 47.5 Å². The first-order valence-corrected chi connectivity index (χ1v) is 7.38. The van der Waals surface area contributed by atoms with Crippen LogP contribution in [0.1, 0.15) is 34.9 Å². The number of aromatic nitrogens is 3. The lowest BCUT2D eigenvalue weighted by Crippen LogP contribution is -2.37. The van der Waals surface area contributed by atoms with Crippen LogP contribution in [0.2, 0.25) is 0 Å². The molecular formula is C15H18FN5O. The van der Waals surface area contributed by atoms with Crippen molar-refractivity contribution in [2.45, 2.75) is 18.9 Å². The zero-order valence-corrected chi connectivity index (χ0v) is 12.1. The van der Waals surface area contributed by atoms with E-state index < -0.39 is 0 Å². The van der Waals surface area contributed by atoms with E-state index >= 15 is 0 Å². The van der Waals surface area contributed by atoms with Crippen molar-refractivity contribution in [2.75, 3.05) is 19.6 Å². The van der Waals surface area contributed by atoms with E-state index in [1.807, 2.05) is 6.07 Å². The van der Waals surface area contributed by atoms with Gasteiger partial charge in [0.2, 0.25) is 0 Å².